The average Bonchev–Trinajstić information content (AvgIpc) is 3.20. The monoisotopic (exact) mass is 268 g/mol. The first kappa shape index (κ1) is 12.7. The Hall–Kier alpha value is -2.36. The van der Waals surface area contributed by atoms with Crippen LogP contribution < -0.4 is 10.9 Å². The third kappa shape index (κ3) is 2.25. The molecule has 0 unspecified atom stereocenters. The zero-order valence-corrected chi connectivity index (χ0v) is 11.3. The second-order valence-electron chi connectivity index (χ2n) is 5.28. The van der Waals surface area contributed by atoms with Gasteiger partial charge in [0.25, 0.3) is 5.91 Å². The Kier molecular flexibility index (Phi) is 2.93. The molecule has 1 aliphatic carbocycles. The third-order valence-electron chi connectivity index (χ3n) is 3.78. The number of rotatable bonds is 3. The van der Waals surface area contributed by atoms with Gasteiger partial charge in [0.05, 0.1) is 5.54 Å². The van der Waals surface area contributed by atoms with E-state index in [1.165, 1.54) is 11.6 Å². The lowest BCUT2D eigenvalue weighted by atomic mass is 9.99. The van der Waals surface area contributed by atoms with Gasteiger partial charge in [-0.05, 0) is 37.0 Å². The predicted molar refractivity (Wildman–Crippen MR) is 76.6 cm³/mol. The van der Waals surface area contributed by atoms with Crippen molar-refractivity contribution in [2.24, 2.45) is 0 Å². The highest BCUT2D eigenvalue weighted by atomic mass is 16.2. The molecule has 3 rings (SSSR count). The van der Waals surface area contributed by atoms with E-state index < -0.39 is 0 Å². The first-order valence-corrected chi connectivity index (χ1v) is 6.69. The van der Waals surface area contributed by atoms with Gasteiger partial charge in [-0.3, -0.25) is 9.59 Å². The standard InChI is InChI=1S/C16H16N2O2/c1-11-5-2-3-6-12(11)16(9-10-16)18-15(20)13-7-4-8-14(19)17-13/h2-8H,9-10H2,1H3,(H,17,19)(H,18,20). The Morgan fingerprint density at radius 2 is 1.90 bits per heavy atom. The van der Waals surface area contributed by atoms with Crippen molar-refractivity contribution in [1.29, 1.82) is 0 Å². The molecule has 1 amide bonds. The second kappa shape index (κ2) is 4.63. The topological polar surface area (TPSA) is 62.0 Å². The van der Waals surface area contributed by atoms with Gasteiger partial charge in [-0.25, -0.2) is 0 Å². The fourth-order valence-corrected chi connectivity index (χ4v) is 2.56. The van der Waals surface area contributed by atoms with Gasteiger partial charge in [0.1, 0.15) is 5.69 Å². The Labute approximate surface area is 116 Å². The summed E-state index contributed by atoms with van der Waals surface area (Å²) in [5.74, 6) is -0.233. The van der Waals surface area contributed by atoms with Gasteiger partial charge >= 0.3 is 0 Å². The van der Waals surface area contributed by atoms with E-state index in [0.29, 0.717) is 5.69 Å². The van der Waals surface area contributed by atoms with Crippen LogP contribution in [0.5, 0.6) is 0 Å². The number of hydrogen-bond acceptors (Lipinski definition) is 2. The molecule has 1 fully saturated rings. The minimum absolute atomic E-state index is 0.233. The van der Waals surface area contributed by atoms with E-state index >= 15 is 0 Å². The number of aromatic amines is 1. The van der Waals surface area contributed by atoms with E-state index in [1.807, 2.05) is 25.1 Å². The van der Waals surface area contributed by atoms with Crippen LogP contribution in [-0.2, 0) is 5.54 Å². The van der Waals surface area contributed by atoms with Crippen molar-refractivity contribution in [1.82, 2.24) is 10.3 Å². The normalized spacial score (nSPS) is 15.7. The third-order valence-corrected chi connectivity index (χ3v) is 3.78. The molecule has 1 aromatic carbocycles. The smallest absolute Gasteiger partial charge is 0.268 e. The quantitative estimate of drug-likeness (QED) is 0.895. The highest BCUT2D eigenvalue weighted by molar-refractivity contribution is 5.93. The van der Waals surface area contributed by atoms with Crippen LogP contribution >= 0.6 is 0 Å². The van der Waals surface area contributed by atoms with Crippen LogP contribution in [0.2, 0.25) is 0 Å². The molecule has 1 aliphatic rings. The molecule has 1 heterocycles. The van der Waals surface area contributed by atoms with Crippen molar-refractivity contribution in [3.63, 3.8) is 0 Å². The fourth-order valence-electron chi connectivity index (χ4n) is 2.56. The lowest BCUT2D eigenvalue weighted by Gasteiger charge is -2.20. The molecule has 4 heteroatoms. The Morgan fingerprint density at radius 3 is 2.55 bits per heavy atom. The summed E-state index contributed by atoms with van der Waals surface area (Å²) in [5.41, 5.74) is 2.10. The number of aryl methyl sites for hydroxylation is 1. The van der Waals surface area contributed by atoms with Crippen LogP contribution in [0.1, 0.15) is 34.5 Å². The van der Waals surface area contributed by atoms with Gasteiger partial charge < -0.3 is 10.3 Å². The highest BCUT2D eigenvalue weighted by Crippen LogP contribution is 2.46. The van der Waals surface area contributed by atoms with Gasteiger partial charge in [-0.2, -0.15) is 0 Å². The fraction of sp³-hybridized carbons (Fsp3) is 0.250. The van der Waals surface area contributed by atoms with Gasteiger partial charge in [-0.15, -0.1) is 0 Å². The largest absolute Gasteiger partial charge is 0.341 e. The van der Waals surface area contributed by atoms with E-state index in [1.54, 1.807) is 12.1 Å². The van der Waals surface area contributed by atoms with Crippen LogP contribution in [-0.4, -0.2) is 10.9 Å². The number of nitrogens with one attached hydrogen (secondary N) is 2. The SMILES string of the molecule is Cc1ccccc1C1(NC(=O)c2cccc(=O)[nH]2)CC1. The summed E-state index contributed by atoms with van der Waals surface area (Å²) in [5, 5.41) is 3.06. The molecule has 0 saturated heterocycles. The summed E-state index contributed by atoms with van der Waals surface area (Å²) < 4.78 is 0. The number of hydrogen-bond donors (Lipinski definition) is 2. The van der Waals surface area contributed by atoms with Crippen LogP contribution in [0.3, 0.4) is 0 Å². The molecule has 2 N–H and O–H groups in total. The number of H-pyrrole nitrogens is 1. The number of benzene rings is 1. The molecule has 1 aromatic heterocycles. The van der Waals surface area contributed by atoms with E-state index in [4.69, 9.17) is 0 Å². The van der Waals surface area contributed by atoms with Crippen molar-refractivity contribution < 1.29 is 4.79 Å². The summed E-state index contributed by atoms with van der Waals surface area (Å²) >= 11 is 0. The summed E-state index contributed by atoms with van der Waals surface area (Å²) in [6.45, 7) is 2.05. The number of carbonyl (C=O) groups is 1. The summed E-state index contributed by atoms with van der Waals surface area (Å²) in [7, 11) is 0. The molecule has 4 nitrogen and oxygen atoms in total. The van der Waals surface area contributed by atoms with Crippen molar-refractivity contribution in [2.75, 3.05) is 0 Å². The number of pyridine rings is 1. The number of aromatic nitrogens is 1. The molecule has 102 valence electrons. The maximum Gasteiger partial charge on any atom is 0.268 e. The first-order valence-electron chi connectivity index (χ1n) is 6.69. The number of carbonyl (C=O) groups excluding carboxylic acids is 1. The lowest BCUT2D eigenvalue weighted by molar-refractivity contribution is 0.0925. The second-order valence-corrected chi connectivity index (χ2v) is 5.28. The van der Waals surface area contributed by atoms with E-state index in [-0.39, 0.29) is 17.0 Å². The summed E-state index contributed by atoms with van der Waals surface area (Å²) in [6.07, 6.45) is 1.86. The molecule has 0 aliphatic heterocycles. The summed E-state index contributed by atoms with van der Waals surface area (Å²) in [4.78, 5) is 26.1. The zero-order valence-electron chi connectivity index (χ0n) is 11.3. The Bertz CT molecular complexity index is 714. The number of amides is 1. The summed E-state index contributed by atoms with van der Waals surface area (Å²) in [6, 6.07) is 12.7. The first-order chi connectivity index (χ1) is 9.61. The molecule has 0 bridgehead atoms. The lowest BCUT2D eigenvalue weighted by Crippen LogP contribution is -2.36. The minimum Gasteiger partial charge on any atom is -0.341 e. The van der Waals surface area contributed by atoms with Crippen molar-refractivity contribution in [2.45, 2.75) is 25.3 Å². The maximum absolute atomic E-state index is 12.3. The van der Waals surface area contributed by atoms with Gasteiger partial charge in [0, 0.05) is 6.07 Å². The van der Waals surface area contributed by atoms with Crippen LogP contribution in [0.25, 0.3) is 0 Å². The Morgan fingerprint density at radius 1 is 1.15 bits per heavy atom. The van der Waals surface area contributed by atoms with Gasteiger partial charge in [0.15, 0.2) is 0 Å². The van der Waals surface area contributed by atoms with Gasteiger partial charge in [-0.1, -0.05) is 30.3 Å². The van der Waals surface area contributed by atoms with E-state index in [0.717, 1.165) is 18.4 Å². The molecule has 0 radical (unpaired) electrons. The molecular weight excluding hydrogens is 252 g/mol. The van der Waals surface area contributed by atoms with E-state index in [9.17, 15) is 9.59 Å². The maximum atomic E-state index is 12.3. The molecule has 20 heavy (non-hydrogen) atoms. The van der Waals surface area contributed by atoms with E-state index in [2.05, 4.69) is 16.4 Å². The van der Waals surface area contributed by atoms with Crippen LogP contribution in [0, 0.1) is 6.92 Å². The van der Waals surface area contributed by atoms with Crippen LogP contribution in [0.4, 0.5) is 0 Å². The predicted octanol–water partition coefficient (Wildman–Crippen LogP) is 2.10. The zero-order chi connectivity index (χ0) is 14.2. The van der Waals surface area contributed by atoms with Crippen molar-refractivity contribution >= 4 is 5.91 Å². The van der Waals surface area contributed by atoms with Gasteiger partial charge in [0.2, 0.25) is 5.56 Å². The Balaban J connectivity index is 1.86. The minimum atomic E-state index is -0.269. The van der Waals surface area contributed by atoms with Crippen molar-refractivity contribution in [3.05, 3.63) is 69.6 Å². The molecule has 1 saturated carbocycles. The molecule has 0 spiro atoms. The molecule has 2 aromatic rings. The van der Waals surface area contributed by atoms with Crippen molar-refractivity contribution in [3.8, 4) is 0 Å². The average molecular weight is 268 g/mol. The van der Waals surface area contributed by atoms with Crippen LogP contribution in [0.15, 0.2) is 47.3 Å². The molecular formula is C16H16N2O2. The highest BCUT2D eigenvalue weighted by Gasteiger charge is 2.46. The molecule has 0 atom stereocenters.